The largest absolute Gasteiger partial charge is 0.497 e. The number of amides is 1. The van der Waals surface area contributed by atoms with E-state index in [0.29, 0.717) is 11.3 Å². The highest BCUT2D eigenvalue weighted by Gasteiger charge is 2.20. The van der Waals surface area contributed by atoms with E-state index < -0.39 is 0 Å². The lowest BCUT2D eigenvalue weighted by atomic mass is 10.1. The van der Waals surface area contributed by atoms with E-state index in [4.69, 9.17) is 9.47 Å². The van der Waals surface area contributed by atoms with Crippen LogP contribution in [-0.4, -0.2) is 50.8 Å². The molecule has 2 aromatic rings. The first-order chi connectivity index (χ1) is 12.3. The van der Waals surface area contributed by atoms with Gasteiger partial charge in [0.05, 0.1) is 26.4 Å². The Bertz CT molecular complexity index is 684. The molecule has 0 saturated carbocycles. The third-order valence-electron chi connectivity index (χ3n) is 4.38. The Morgan fingerprint density at radius 3 is 2.64 bits per heavy atom. The van der Waals surface area contributed by atoms with E-state index in [0.717, 1.165) is 38.4 Å². The standard InChI is InChI=1S/C20H24N2O3/c1-24-18-9-5-8-17(14-18)20(23)21-19(16-6-3-2-4-7-16)15-22-10-12-25-13-11-22/h2-9,14,19H,10-13,15H2,1H3,(H,21,23)/t19-/m0/s1. The SMILES string of the molecule is COc1cccc(C(=O)N[C@@H](CN2CCOCC2)c2ccccc2)c1. The number of benzene rings is 2. The van der Waals surface area contributed by atoms with E-state index in [-0.39, 0.29) is 11.9 Å². The van der Waals surface area contributed by atoms with Crippen molar-refractivity contribution >= 4 is 5.91 Å². The highest BCUT2D eigenvalue weighted by atomic mass is 16.5. The lowest BCUT2D eigenvalue weighted by Crippen LogP contribution is -2.43. The molecule has 0 unspecified atom stereocenters. The van der Waals surface area contributed by atoms with Crippen LogP contribution in [0.3, 0.4) is 0 Å². The summed E-state index contributed by atoms with van der Waals surface area (Å²) in [7, 11) is 1.60. The van der Waals surface area contributed by atoms with Crippen molar-refractivity contribution in [3.63, 3.8) is 0 Å². The maximum atomic E-state index is 12.7. The number of nitrogens with zero attached hydrogens (tertiary/aromatic N) is 1. The molecule has 0 bridgehead atoms. The van der Waals surface area contributed by atoms with Crippen molar-refractivity contribution in [3.8, 4) is 5.75 Å². The summed E-state index contributed by atoms with van der Waals surface area (Å²) in [6.45, 7) is 4.02. The average molecular weight is 340 g/mol. The molecular weight excluding hydrogens is 316 g/mol. The molecule has 1 saturated heterocycles. The maximum Gasteiger partial charge on any atom is 0.251 e. The third kappa shape index (κ3) is 4.81. The number of methoxy groups -OCH3 is 1. The summed E-state index contributed by atoms with van der Waals surface area (Å²) < 4.78 is 10.6. The summed E-state index contributed by atoms with van der Waals surface area (Å²) in [4.78, 5) is 15.1. The predicted molar refractivity (Wildman–Crippen MR) is 96.9 cm³/mol. The van der Waals surface area contributed by atoms with E-state index in [9.17, 15) is 4.79 Å². The average Bonchev–Trinajstić information content (AvgIpc) is 2.69. The van der Waals surface area contributed by atoms with E-state index in [2.05, 4.69) is 22.3 Å². The summed E-state index contributed by atoms with van der Waals surface area (Å²) in [6.07, 6.45) is 0. The summed E-state index contributed by atoms with van der Waals surface area (Å²) in [5, 5.41) is 3.17. The number of hydrogen-bond donors (Lipinski definition) is 1. The number of nitrogens with one attached hydrogen (secondary N) is 1. The first-order valence-corrected chi connectivity index (χ1v) is 8.56. The predicted octanol–water partition coefficient (Wildman–Crippen LogP) is 2.50. The second kappa shape index (κ2) is 8.65. The first kappa shape index (κ1) is 17.5. The molecule has 1 fully saturated rings. The van der Waals surface area contributed by atoms with Crippen LogP contribution in [0.4, 0.5) is 0 Å². The first-order valence-electron chi connectivity index (χ1n) is 8.56. The van der Waals surface area contributed by atoms with Crippen LogP contribution >= 0.6 is 0 Å². The van der Waals surface area contributed by atoms with Crippen molar-refractivity contribution in [2.24, 2.45) is 0 Å². The lowest BCUT2D eigenvalue weighted by molar-refractivity contribution is 0.0332. The molecule has 5 heteroatoms. The molecule has 1 aliphatic rings. The van der Waals surface area contributed by atoms with Gasteiger partial charge in [-0.1, -0.05) is 36.4 Å². The molecule has 3 rings (SSSR count). The van der Waals surface area contributed by atoms with Gasteiger partial charge in [-0.15, -0.1) is 0 Å². The maximum absolute atomic E-state index is 12.7. The van der Waals surface area contributed by atoms with Crippen LogP contribution in [0.5, 0.6) is 5.75 Å². The molecule has 1 heterocycles. The fourth-order valence-corrected chi connectivity index (χ4v) is 2.97. The molecule has 2 aromatic carbocycles. The van der Waals surface area contributed by atoms with Gasteiger partial charge in [0.2, 0.25) is 0 Å². The number of ether oxygens (including phenoxy) is 2. The number of hydrogen-bond acceptors (Lipinski definition) is 4. The Morgan fingerprint density at radius 2 is 1.92 bits per heavy atom. The summed E-state index contributed by atoms with van der Waals surface area (Å²) in [6, 6.07) is 17.2. The fourth-order valence-electron chi connectivity index (χ4n) is 2.97. The van der Waals surface area contributed by atoms with E-state index in [1.807, 2.05) is 30.3 Å². The molecule has 132 valence electrons. The van der Waals surface area contributed by atoms with E-state index >= 15 is 0 Å². The van der Waals surface area contributed by atoms with Crippen LogP contribution < -0.4 is 10.1 Å². The van der Waals surface area contributed by atoms with Crippen molar-refractivity contribution in [2.45, 2.75) is 6.04 Å². The molecule has 0 aliphatic carbocycles. The minimum atomic E-state index is -0.0963. The molecule has 0 spiro atoms. The van der Waals surface area contributed by atoms with Gasteiger partial charge >= 0.3 is 0 Å². The van der Waals surface area contributed by atoms with Crippen molar-refractivity contribution < 1.29 is 14.3 Å². The van der Waals surface area contributed by atoms with Gasteiger partial charge in [0.1, 0.15) is 5.75 Å². The zero-order valence-corrected chi connectivity index (χ0v) is 14.5. The molecular formula is C20H24N2O3. The molecule has 1 amide bonds. The zero-order chi connectivity index (χ0) is 17.5. The van der Waals surface area contributed by atoms with Gasteiger partial charge < -0.3 is 14.8 Å². The van der Waals surface area contributed by atoms with Crippen molar-refractivity contribution in [1.29, 1.82) is 0 Å². The number of carbonyl (C=O) groups is 1. The van der Waals surface area contributed by atoms with E-state index in [1.165, 1.54) is 0 Å². The normalized spacial score (nSPS) is 16.2. The summed E-state index contributed by atoms with van der Waals surface area (Å²) in [5.74, 6) is 0.582. The monoisotopic (exact) mass is 340 g/mol. The van der Waals surface area contributed by atoms with Crippen molar-refractivity contribution in [3.05, 3.63) is 65.7 Å². The molecule has 1 aliphatic heterocycles. The van der Waals surface area contributed by atoms with Crippen LogP contribution in [0.25, 0.3) is 0 Å². The molecule has 1 atom stereocenters. The van der Waals surface area contributed by atoms with Gasteiger partial charge in [0, 0.05) is 25.2 Å². The molecule has 0 radical (unpaired) electrons. The van der Waals surface area contributed by atoms with E-state index in [1.54, 1.807) is 19.2 Å². The fraction of sp³-hybridized carbons (Fsp3) is 0.350. The van der Waals surface area contributed by atoms with Gasteiger partial charge in [0.15, 0.2) is 0 Å². The Morgan fingerprint density at radius 1 is 1.16 bits per heavy atom. The quantitative estimate of drug-likeness (QED) is 0.878. The Hall–Kier alpha value is -2.37. The highest BCUT2D eigenvalue weighted by molar-refractivity contribution is 5.94. The van der Waals surface area contributed by atoms with Gasteiger partial charge in [-0.2, -0.15) is 0 Å². The Labute approximate surface area is 148 Å². The second-order valence-corrected chi connectivity index (χ2v) is 6.08. The Kier molecular flexibility index (Phi) is 6.04. The van der Waals surface area contributed by atoms with Crippen molar-refractivity contribution in [2.75, 3.05) is 40.0 Å². The molecule has 0 aromatic heterocycles. The van der Waals surface area contributed by atoms with Crippen LogP contribution in [0.2, 0.25) is 0 Å². The summed E-state index contributed by atoms with van der Waals surface area (Å²) >= 11 is 0. The topological polar surface area (TPSA) is 50.8 Å². The highest BCUT2D eigenvalue weighted by Crippen LogP contribution is 2.18. The lowest BCUT2D eigenvalue weighted by Gasteiger charge is -2.31. The summed E-state index contributed by atoms with van der Waals surface area (Å²) in [5.41, 5.74) is 1.70. The number of rotatable bonds is 6. The van der Waals surface area contributed by atoms with Crippen LogP contribution in [0.15, 0.2) is 54.6 Å². The third-order valence-corrected chi connectivity index (χ3v) is 4.38. The Balaban J connectivity index is 1.75. The van der Waals surface area contributed by atoms with Gasteiger partial charge in [-0.25, -0.2) is 0 Å². The van der Waals surface area contributed by atoms with Crippen LogP contribution in [0.1, 0.15) is 22.0 Å². The van der Waals surface area contributed by atoms with Gasteiger partial charge in [0.25, 0.3) is 5.91 Å². The molecule has 1 N–H and O–H groups in total. The molecule has 25 heavy (non-hydrogen) atoms. The minimum absolute atomic E-state index is 0.0713. The van der Waals surface area contributed by atoms with Gasteiger partial charge in [-0.3, -0.25) is 9.69 Å². The second-order valence-electron chi connectivity index (χ2n) is 6.08. The zero-order valence-electron chi connectivity index (χ0n) is 14.5. The van der Waals surface area contributed by atoms with Crippen LogP contribution in [0, 0.1) is 0 Å². The smallest absolute Gasteiger partial charge is 0.251 e. The minimum Gasteiger partial charge on any atom is -0.497 e. The van der Waals surface area contributed by atoms with Gasteiger partial charge in [-0.05, 0) is 23.8 Å². The number of morpholine rings is 1. The van der Waals surface area contributed by atoms with Crippen LogP contribution in [-0.2, 0) is 4.74 Å². The number of carbonyl (C=O) groups excluding carboxylic acids is 1. The van der Waals surface area contributed by atoms with Crippen molar-refractivity contribution in [1.82, 2.24) is 10.2 Å². The molecule has 5 nitrogen and oxygen atoms in total.